The second kappa shape index (κ2) is 8.40. The van der Waals surface area contributed by atoms with Gasteiger partial charge in [-0.05, 0) is 24.8 Å². The number of aliphatic hydroxyl groups is 2. The number of benzene rings is 1. The van der Waals surface area contributed by atoms with Crippen LogP contribution in [0.3, 0.4) is 0 Å². The van der Waals surface area contributed by atoms with Crippen molar-refractivity contribution in [1.29, 1.82) is 0 Å². The van der Waals surface area contributed by atoms with Crippen LogP contribution in [0.15, 0.2) is 24.3 Å². The zero-order valence-corrected chi connectivity index (χ0v) is 14.3. The monoisotopic (exact) mass is 333 g/mol. The predicted octanol–water partition coefficient (Wildman–Crippen LogP) is 2.20. The largest absolute Gasteiger partial charge is 0.392 e. The first-order chi connectivity index (χ1) is 11.5. The van der Waals surface area contributed by atoms with E-state index in [1.54, 1.807) is 24.3 Å². The summed E-state index contributed by atoms with van der Waals surface area (Å²) in [6.45, 7) is 2.52. The molecule has 5 heteroatoms. The summed E-state index contributed by atoms with van der Waals surface area (Å²) in [6, 6.07) is 6.53. The molecule has 1 fully saturated rings. The van der Waals surface area contributed by atoms with E-state index in [1.165, 1.54) is 0 Å². The van der Waals surface area contributed by atoms with Gasteiger partial charge in [0.15, 0.2) is 5.78 Å². The fraction of sp³-hybridized carbons (Fsp3) is 0.579. The average molecular weight is 333 g/mol. The van der Waals surface area contributed by atoms with Crippen molar-refractivity contribution in [3.63, 3.8) is 0 Å². The van der Waals surface area contributed by atoms with Crippen LogP contribution in [-0.2, 0) is 11.4 Å². The first-order valence-electron chi connectivity index (χ1n) is 8.77. The molecule has 1 saturated carbocycles. The first-order valence-corrected chi connectivity index (χ1v) is 8.77. The van der Waals surface area contributed by atoms with Crippen LogP contribution in [0.4, 0.5) is 0 Å². The highest BCUT2D eigenvalue weighted by molar-refractivity contribution is 6.05. The minimum Gasteiger partial charge on any atom is -0.392 e. The van der Waals surface area contributed by atoms with E-state index in [-0.39, 0.29) is 12.5 Å². The molecule has 0 heterocycles. The number of rotatable bonds is 7. The third kappa shape index (κ3) is 4.02. The van der Waals surface area contributed by atoms with Crippen LogP contribution in [0, 0.1) is 5.92 Å². The van der Waals surface area contributed by atoms with E-state index in [4.69, 9.17) is 5.11 Å². The van der Waals surface area contributed by atoms with Gasteiger partial charge in [0.25, 0.3) is 0 Å². The van der Waals surface area contributed by atoms with Crippen molar-refractivity contribution in [2.75, 3.05) is 6.54 Å². The third-order valence-electron chi connectivity index (χ3n) is 4.82. The Labute approximate surface area is 143 Å². The van der Waals surface area contributed by atoms with Crippen molar-refractivity contribution in [2.24, 2.45) is 5.92 Å². The Morgan fingerprint density at radius 2 is 1.96 bits per heavy atom. The van der Waals surface area contributed by atoms with E-state index in [1.807, 2.05) is 6.92 Å². The van der Waals surface area contributed by atoms with Gasteiger partial charge in [-0.2, -0.15) is 0 Å². The van der Waals surface area contributed by atoms with Gasteiger partial charge in [0.05, 0.1) is 12.5 Å². The SMILES string of the molecule is CCCCNC(=O)C1CCCCC1(O)C(=O)c1ccc(CO)cc1. The van der Waals surface area contributed by atoms with Crippen LogP contribution in [-0.4, -0.2) is 34.0 Å². The highest BCUT2D eigenvalue weighted by atomic mass is 16.3. The molecule has 0 aliphatic heterocycles. The standard InChI is InChI=1S/C19H27NO4/c1-2-3-12-20-18(23)16-6-4-5-11-19(16,24)17(22)15-9-7-14(13-21)8-10-15/h7-10,16,21,24H,2-6,11-13H2,1H3,(H,20,23). The summed E-state index contributed by atoms with van der Waals surface area (Å²) in [5.41, 5.74) is -0.561. The molecule has 2 unspecified atom stereocenters. The Hall–Kier alpha value is -1.72. The first kappa shape index (κ1) is 18.6. The fourth-order valence-corrected chi connectivity index (χ4v) is 3.30. The van der Waals surface area contributed by atoms with E-state index >= 15 is 0 Å². The maximum atomic E-state index is 12.9. The molecule has 24 heavy (non-hydrogen) atoms. The smallest absolute Gasteiger partial charge is 0.226 e. The van der Waals surface area contributed by atoms with Gasteiger partial charge in [0.2, 0.25) is 5.91 Å². The Morgan fingerprint density at radius 3 is 2.58 bits per heavy atom. The second-order valence-electron chi connectivity index (χ2n) is 6.55. The van der Waals surface area contributed by atoms with Crippen molar-refractivity contribution >= 4 is 11.7 Å². The molecule has 132 valence electrons. The fourth-order valence-electron chi connectivity index (χ4n) is 3.30. The van der Waals surface area contributed by atoms with Crippen molar-refractivity contribution in [1.82, 2.24) is 5.32 Å². The number of unbranched alkanes of at least 4 members (excludes halogenated alkanes) is 1. The molecule has 1 aliphatic rings. The van der Waals surface area contributed by atoms with Gasteiger partial charge in [-0.3, -0.25) is 9.59 Å². The number of carbonyl (C=O) groups excluding carboxylic acids is 2. The van der Waals surface area contributed by atoms with Gasteiger partial charge in [-0.15, -0.1) is 0 Å². The normalized spacial score (nSPS) is 23.7. The summed E-state index contributed by atoms with van der Waals surface area (Å²) < 4.78 is 0. The van der Waals surface area contributed by atoms with Crippen LogP contribution in [0.5, 0.6) is 0 Å². The predicted molar refractivity (Wildman–Crippen MR) is 91.5 cm³/mol. The van der Waals surface area contributed by atoms with Crippen LogP contribution < -0.4 is 5.32 Å². The molecule has 1 aromatic rings. The highest BCUT2D eigenvalue weighted by Gasteiger charge is 2.48. The molecule has 3 N–H and O–H groups in total. The minimum atomic E-state index is -1.64. The summed E-state index contributed by atoms with van der Waals surface area (Å²) in [4.78, 5) is 25.3. The van der Waals surface area contributed by atoms with Crippen LogP contribution >= 0.6 is 0 Å². The molecular weight excluding hydrogens is 306 g/mol. The van der Waals surface area contributed by atoms with E-state index < -0.39 is 17.3 Å². The quantitative estimate of drug-likeness (QED) is 0.527. The molecule has 0 spiro atoms. The molecule has 5 nitrogen and oxygen atoms in total. The Morgan fingerprint density at radius 1 is 1.25 bits per heavy atom. The number of hydrogen-bond donors (Lipinski definition) is 3. The van der Waals surface area contributed by atoms with Crippen molar-refractivity contribution < 1.29 is 19.8 Å². The van der Waals surface area contributed by atoms with Gasteiger partial charge >= 0.3 is 0 Å². The number of amides is 1. The molecule has 0 saturated heterocycles. The molecule has 1 amide bonds. The summed E-state index contributed by atoms with van der Waals surface area (Å²) in [7, 11) is 0. The van der Waals surface area contributed by atoms with Crippen molar-refractivity contribution in [3.8, 4) is 0 Å². The van der Waals surface area contributed by atoms with Gasteiger partial charge < -0.3 is 15.5 Å². The summed E-state index contributed by atoms with van der Waals surface area (Å²) in [5.74, 6) is -1.33. The van der Waals surface area contributed by atoms with Gasteiger partial charge in [-0.25, -0.2) is 0 Å². The lowest BCUT2D eigenvalue weighted by atomic mass is 9.71. The molecular formula is C19H27NO4. The van der Waals surface area contributed by atoms with Crippen LogP contribution in [0.2, 0.25) is 0 Å². The van der Waals surface area contributed by atoms with Gasteiger partial charge in [0, 0.05) is 12.1 Å². The topological polar surface area (TPSA) is 86.6 Å². The second-order valence-corrected chi connectivity index (χ2v) is 6.55. The van der Waals surface area contributed by atoms with E-state index in [2.05, 4.69) is 5.32 Å². The summed E-state index contributed by atoms with van der Waals surface area (Å²) in [5, 5.41) is 23.0. The van der Waals surface area contributed by atoms with Crippen molar-refractivity contribution in [3.05, 3.63) is 35.4 Å². The number of ketones is 1. The Bertz CT molecular complexity index is 569. The number of Topliss-reactive ketones (excluding diaryl/α,β-unsaturated/α-hetero) is 1. The molecule has 2 rings (SSSR count). The zero-order chi connectivity index (χ0) is 17.6. The van der Waals surface area contributed by atoms with Crippen molar-refractivity contribution in [2.45, 2.75) is 57.7 Å². The molecule has 1 aliphatic carbocycles. The van der Waals surface area contributed by atoms with E-state index in [0.29, 0.717) is 30.5 Å². The van der Waals surface area contributed by atoms with E-state index in [0.717, 1.165) is 25.7 Å². The lowest BCUT2D eigenvalue weighted by molar-refractivity contribution is -0.134. The lowest BCUT2D eigenvalue weighted by Crippen LogP contribution is -2.54. The number of hydrogen-bond acceptors (Lipinski definition) is 4. The number of aliphatic hydroxyl groups excluding tert-OH is 1. The van der Waals surface area contributed by atoms with Crippen LogP contribution in [0.1, 0.15) is 61.4 Å². The number of carbonyl (C=O) groups is 2. The van der Waals surface area contributed by atoms with Gasteiger partial charge in [0.1, 0.15) is 5.60 Å². The Balaban J connectivity index is 2.18. The average Bonchev–Trinajstić information content (AvgIpc) is 2.61. The maximum Gasteiger partial charge on any atom is 0.226 e. The molecule has 2 atom stereocenters. The molecule has 0 bridgehead atoms. The summed E-state index contributed by atoms with van der Waals surface area (Å²) >= 11 is 0. The minimum absolute atomic E-state index is 0.0960. The maximum absolute atomic E-state index is 12.9. The number of nitrogens with one attached hydrogen (secondary N) is 1. The van der Waals surface area contributed by atoms with Gasteiger partial charge in [-0.1, -0.05) is 50.5 Å². The lowest BCUT2D eigenvalue weighted by Gasteiger charge is -2.37. The third-order valence-corrected chi connectivity index (χ3v) is 4.82. The Kier molecular flexibility index (Phi) is 6.52. The zero-order valence-electron chi connectivity index (χ0n) is 14.3. The van der Waals surface area contributed by atoms with E-state index in [9.17, 15) is 14.7 Å². The highest BCUT2D eigenvalue weighted by Crippen LogP contribution is 2.36. The molecule has 0 radical (unpaired) electrons. The van der Waals surface area contributed by atoms with Crippen LogP contribution in [0.25, 0.3) is 0 Å². The molecule has 0 aromatic heterocycles. The summed E-state index contributed by atoms with van der Waals surface area (Å²) in [6.07, 6.45) is 4.26. The molecule has 1 aromatic carbocycles.